The summed E-state index contributed by atoms with van der Waals surface area (Å²) in [5.41, 5.74) is 16.1. The van der Waals surface area contributed by atoms with Crippen molar-refractivity contribution >= 4 is 48.6 Å². The molecular weight excluding hydrogens is 659 g/mol. The summed E-state index contributed by atoms with van der Waals surface area (Å²) in [6, 6.07) is 69.0. The zero-order chi connectivity index (χ0) is 35.5. The van der Waals surface area contributed by atoms with Gasteiger partial charge in [-0.25, -0.2) is 0 Å². The fourth-order valence-corrected chi connectivity index (χ4v) is 9.53. The average Bonchev–Trinajstić information content (AvgIpc) is 3.71. The van der Waals surface area contributed by atoms with E-state index < -0.39 is 0 Å². The van der Waals surface area contributed by atoms with Crippen LogP contribution in [0, 0.1) is 0 Å². The van der Waals surface area contributed by atoms with Crippen LogP contribution >= 0.6 is 11.3 Å². The minimum atomic E-state index is -0.0840. The first kappa shape index (κ1) is 31.5. The molecule has 0 bridgehead atoms. The number of hydrogen-bond acceptors (Lipinski definition) is 2. The standard InChI is InChI=1S/C51H37NS/c1-51(2)46-19-8-6-16-43(46)44-31-30-41(33-47(44)51)52(39-26-22-35(23-27-39)34-12-4-3-5-13-34)40-28-24-36(25-29-40)37-14-10-15-38(32-37)42-18-11-21-49-50(42)45-17-7-9-20-48(45)53-49/h3-33H,1-2H3. The molecule has 0 atom stereocenters. The topological polar surface area (TPSA) is 3.24 Å². The second-order valence-corrected chi connectivity index (χ2v) is 15.6. The van der Waals surface area contributed by atoms with Crippen molar-refractivity contribution in [3.8, 4) is 44.5 Å². The average molecular weight is 696 g/mol. The van der Waals surface area contributed by atoms with E-state index in [1.807, 2.05) is 11.3 Å². The first-order valence-corrected chi connectivity index (χ1v) is 19.2. The van der Waals surface area contributed by atoms with Crippen LogP contribution in [0.15, 0.2) is 188 Å². The van der Waals surface area contributed by atoms with E-state index in [-0.39, 0.29) is 5.41 Å². The third-order valence-electron chi connectivity index (χ3n) is 11.1. The molecule has 2 heteroatoms. The van der Waals surface area contributed by atoms with Gasteiger partial charge in [-0.15, -0.1) is 11.3 Å². The second kappa shape index (κ2) is 12.5. The van der Waals surface area contributed by atoms with E-state index in [1.54, 1.807) is 0 Å². The van der Waals surface area contributed by atoms with E-state index in [4.69, 9.17) is 0 Å². The molecule has 8 aromatic carbocycles. The second-order valence-electron chi connectivity index (χ2n) is 14.6. The maximum atomic E-state index is 2.41. The van der Waals surface area contributed by atoms with Crippen molar-refractivity contribution in [2.45, 2.75) is 19.3 Å². The molecule has 0 fully saturated rings. The summed E-state index contributed by atoms with van der Waals surface area (Å²) in [5.74, 6) is 0. The summed E-state index contributed by atoms with van der Waals surface area (Å²) >= 11 is 1.87. The summed E-state index contributed by atoms with van der Waals surface area (Å²) in [7, 11) is 0. The third-order valence-corrected chi connectivity index (χ3v) is 12.2. The monoisotopic (exact) mass is 695 g/mol. The van der Waals surface area contributed by atoms with Crippen LogP contribution in [0.1, 0.15) is 25.0 Å². The van der Waals surface area contributed by atoms with Gasteiger partial charge in [0.1, 0.15) is 0 Å². The lowest BCUT2D eigenvalue weighted by molar-refractivity contribution is 0.660. The minimum absolute atomic E-state index is 0.0840. The smallest absolute Gasteiger partial charge is 0.0465 e. The number of hydrogen-bond donors (Lipinski definition) is 0. The van der Waals surface area contributed by atoms with Crippen LogP contribution in [0.2, 0.25) is 0 Å². The normalized spacial score (nSPS) is 12.9. The Kier molecular flexibility index (Phi) is 7.42. The summed E-state index contributed by atoms with van der Waals surface area (Å²) in [4.78, 5) is 2.40. The fourth-order valence-electron chi connectivity index (χ4n) is 8.40. The molecule has 0 spiro atoms. The van der Waals surface area contributed by atoms with Gasteiger partial charge in [-0.3, -0.25) is 0 Å². The molecule has 1 aromatic heterocycles. The number of rotatable bonds is 6. The molecule has 10 rings (SSSR count). The number of thiophene rings is 1. The maximum Gasteiger partial charge on any atom is 0.0465 e. The Balaban J connectivity index is 1.05. The fraction of sp³-hybridized carbons (Fsp3) is 0.0588. The summed E-state index contributed by atoms with van der Waals surface area (Å²) in [6.07, 6.45) is 0. The molecule has 0 unspecified atom stereocenters. The van der Waals surface area contributed by atoms with Crippen molar-refractivity contribution in [1.82, 2.24) is 0 Å². The van der Waals surface area contributed by atoms with Crippen LogP contribution < -0.4 is 4.90 Å². The highest BCUT2D eigenvalue weighted by Gasteiger charge is 2.35. The van der Waals surface area contributed by atoms with Crippen LogP contribution in [0.25, 0.3) is 64.7 Å². The molecule has 53 heavy (non-hydrogen) atoms. The largest absolute Gasteiger partial charge is 0.310 e. The summed E-state index contributed by atoms with van der Waals surface area (Å²) < 4.78 is 2.66. The predicted octanol–water partition coefficient (Wildman–Crippen LogP) is 14.8. The van der Waals surface area contributed by atoms with Crippen molar-refractivity contribution in [1.29, 1.82) is 0 Å². The lowest BCUT2D eigenvalue weighted by Crippen LogP contribution is -2.16. The Hall–Kier alpha value is -6.22. The van der Waals surface area contributed by atoms with Crippen LogP contribution in [0.5, 0.6) is 0 Å². The van der Waals surface area contributed by atoms with Gasteiger partial charge in [-0.2, -0.15) is 0 Å². The highest BCUT2D eigenvalue weighted by molar-refractivity contribution is 7.25. The lowest BCUT2D eigenvalue weighted by atomic mass is 9.82. The molecule has 1 nitrogen and oxygen atoms in total. The van der Waals surface area contributed by atoms with Gasteiger partial charge in [-0.1, -0.05) is 147 Å². The molecule has 0 aliphatic heterocycles. The van der Waals surface area contributed by atoms with Crippen LogP contribution in [0.4, 0.5) is 17.1 Å². The van der Waals surface area contributed by atoms with Gasteiger partial charge in [0.2, 0.25) is 0 Å². The molecular formula is C51H37NS. The van der Waals surface area contributed by atoms with Crippen molar-refractivity contribution in [2.75, 3.05) is 4.90 Å². The SMILES string of the molecule is CC1(C)c2ccccc2-c2ccc(N(c3ccc(-c4ccccc4)cc3)c3ccc(-c4cccc(-c5cccc6sc7ccccc7c56)c4)cc3)cc21. The van der Waals surface area contributed by atoms with E-state index in [2.05, 4.69) is 207 Å². The lowest BCUT2D eigenvalue weighted by Gasteiger charge is -2.28. The number of fused-ring (bicyclic) bond motifs is 6. The van der Waals surface area contributed by atoms with Gasteiger partial charge in [-0.05, 0) is 110 Å². The first-order valence-electron chi connectivity index (χ1n) is 18.3. The van der Waals surface area contributed by atoms with E-state index in [0.29, 0.717) is 0 Å². The van der Waals surface area contributed by atoms with E-state index in [0.717, 1.165) is 17.1 Å². The van der Waals surface area contributed by atoms with Gasteiger partial charge in [0, 0.05) is 42.6 Å². The van der Waals surface area contributed by atoms with E-state index in [1.165, 1.54) is 75.8 Å². The molecule has 1 heterocycles. The number of nitrogens with zero attached hydrogens (tertiary/aromatic N) is 1. The van der Waals surface area contributed by atoms with Gasteiger partial charge in [0.15, 0.2) is 0 Å². The molecule has 1 aliphatic rings. The molecule has 252 valence electrons. The van der Waals surface area contributed by atoms with Crippen LogP contribution in [-0.4, -0.2) is 0 Å². The zero-order valence-corrected chi connectivity index (χ0v) is 30.6. The molecule has 0 amide bonds. The predicted molar refractivity (Wildman–Crippen MR) is 228 cm³/mol. The van der Waals surface area contributed by atoms with Crippen LogP contribution in [0.3, 0.4) is 0 Å². The molecule has 0 radical (unpaired) electrons. The quantitative estimate of drug-likeness (QED) is 0.167. The van der Waals surface area contributed by atoms with Crippen molar-refractivity contribution < 1.29 is 0 Å². The Morgan fingerprint density at radius 2 is 0.925 bits per heavy atom. The maximum absolute atomic E-state index is 2.41. The first-order chi connectivity index (χ1) is 26.0. The van der Waals surface area contributed by atoms with Crippen LogP contribution in [-0.2, 0) is 5.41 Å². The minimum Gasteiger partial charge on any atom is -0.310 e. The molecule has 9 aromatic rings. The van der Waals surface area contributed by atoms with Gasteiger partial charge < -0.3 is 4.90 Å². The Morgan fingerprint density at radius 3 is 1.72 bits per heavy atom. The van der Waals surface area contributed by atoms with E-state index in [9.17, 15) is 0 Å². The van der Waals surface area contributed by atoms with Crippen molar-refractivity contribution in [3.05, 3.63) is 199 Å². The van der Waals surface area contributed by atoms with Crippen molar-refractivity contribution in [3.63, 3.8) is 0 Å². The van der Waals surface area contributed by atoms with Gasteiger partial charge >= 0.3 is 0 Å². The molecule has 1 aliphatic carbocycles. The summed E-state index contributed by atoms with van der Waals surface area (Å²) in [6.45, 7) is 4.70. The van der Waals surface area contributed by atoms with Gasteiger partial charge in [0.05, 0.1) is 0 Å². The Morgan fingerprint density at radius 1 is 0.377 bits per heavy atom. The highest BCUT2D eigenvalue weighted by Crippen LogP contribution is 2.51. The van der Waals surface area contributed by atoms with E-state index >= 15 is 0 Å². The van der Waals surface area contributed by atoms with Crippen molar-refractivity contribution in [2.24, 2.45) is 0 Å². The zero-order valence-electron chi connectivity index (χ0n) is 29.8. The molecule has 0 saturated carbocycles. The highest BCUT2D eigenvalue weighted by atomic mass is 32.1. The molecule has 0 N–H and O–H groups in total. The van der Waals surface area contributed by atoms with Gasteiger partial charge in [0.25, 0.3) is 0 Å². The Labute approximate surface area is 315 Å². The third kappa shape index (κ3) is 5.29. The molecule has 0 saturated heterocycles. The number of anilines is 3. The summed E-state index contributed by atoms with van der Waals surface area (Å²) in [5, 5.41) is 2.67. The Bertz CT molecular complexity index is 2790. The number of benzene rings is 8.